The minimum Gasteiger partial charge on any atom is -0.548 e. The Kier molecular flexibility index (Phi) is 10.2. The third kappa shape index (κ3) is 5.65. The van der Waals surface area contributed by atoms with Crippen LogP contribution in [0.2, 0.25) is 0 Å². The van der Waals surface area contributed by atoms with E-state index in [0.29, 0.717) is 0 Å². The predicted octanol–water partition coefficient (Wildman–Crippen LogP) is 0.934. The van der Waals surface area contributed by atoms with Gasteiger partial charge in [-0.3, -0.25) is 0 Å². The molecule has 5 nitrogen and oxygen atoms in total. The Morgan fingerprint density at radius 1 is 0.692 bits per heavy atom. The summed E-state index contributed by atoms with van der Waals surface area (Å²) >= 11 is 0. The summed E-state index contributed by atoms with van der Waals surface area (Å²) in [6.07, 6.45) is -11.9. The summed E-state index contributed by atoms with van der Waals surface area (Å²) in [7, 11) is -5.44. The van der Waals surface area contributed by atoms with Gasteiger partial charge in [0.1, 0.15) is 0 Å². The summed E-state index contributed by atoms with van der Waals surface area (Å²) in [5, 5.41) is 10.8. The standard InChI is InChI=1S/C15H12F17NO4S.Li/c16-8(17,3-5-38(36,37)33-4-1-2-6(33)7(34)35)9(18,19)10(20,21)11(22,23)12(24,25)13(26,27)14(28,29)15(30,31)32;/h6H,1-5H2,(H,34,35);/q;+1/p-1. The van der Waals surface area contributed by atoms with Gasteiger partial charge in [0.25, 0.3) is 0 Å². The van der Waals surface area contributed by atoms with E-state index in [1.54, 1.807) is 0 Å². The molecule has 0 N–H and O–H groups in total. The molecule has 0 aromatic carbocycles. The van der Waals surface area contributed by atoms with Gasteiger partial charge >= 0.3 is 66.5 Å². The summed E-state index contributed by atoms with van der Waals surface area (Å²) in [4.78, 5) is 10.8. The molecular formula is C15H11F17LiNO4S. The number of alkyl halides is 17. The van der Waals surface area contributed by atoms with Gasteiger partial charge in [-0.05, 0) is 12.8 Å². The van der Waals surface area contributed by atoms with Crippen LogP contribution in [0.25, 0.3) is 0 Å². The topological polar surface area (TPSA) is 77.5 Å². The molecule has 24 heteroatoms. The Morgan fingerprint density at radius 2 is 1.05 bits per heavy atom. The summed E-state index contributed by atoms with van der Waals surface area (Å²) in [6, 6.07) is -2.09. The molecule has 1 saturated heterocycles. The molecule has 1 rings (SSSR count). The van der Waals surface area contributed by atoms with Gasteiger partial charge in [-0.2, -0.15) is 78.9 Å². The van der Waals surface area contributed by atoms with Crippen molar-refractivity contribution >= 4 is 16.0 Å². The van der Waals surface area contributed by atoms with Crippen LogP contribution in [0.1, 0.15) is 19.3 Å². The molecular weight excluding hydrogens is 620 g/mol. The van der Waals surface area contributed by atoms with Crippen molar-refractivity contribution in [2.75, 3.05) is 12.3 Å². The van der Waals surface area contributed by atoms with Crippen LogP contribution >= 0.6 is 0 Å². The molecule has 1 heterocycles. The molecule has 1 aliphatic heterocycles. The van der Waals surface area contributed by atoms with E-state index in [2.05, 4.69) is 0 Å². The van der Waals surface area contributed by atoms with Gasteiger partial charge in [0, 0.05) is 13.0 Å². The van der Waals surface area contributed by atoms with E-state index in [1.807, 2.05) is 0 Å². The first-order valence-electron chi connectivity index (χ1n) is 9.30. The van der Waals surface area contributed by atoms with Crippen LogP contribution in [0.15, 0.2) is 0 Å². The van der Waals surface area contributed by atoms with E-state index in [0.717, 1.165) is 0 Å². The van der Waals surface area contributed by atoms with E-state index in [1.165, 1.54) is 0 Å². The number of halogens is 17. The number of rotatable bonds is 11. The SMILES string of the molecule is O=C([O-])C1CCCN1S(=O)(=O)CCC(F)(F)C(F)(F)C(F)(F)C(F)(F)C(F)(F)C(F)(F)C(F)(F)C(F)(F)F.[Li+]. The normalized spacial score (nSPS) is 19.7. The predicted molar refractivity (Wildman–Crippen MR) is 83.8 cm³/mol. The maximum atomic E-state index is 13.9. The van der Waals surface area contributed by atoms with E-state index in [4.69, 9.17) is 0 Å². The molecule has 0 amide bonds. The number of hydrogen-bond donors (Lipinski definition) is 0. The molecule has 1 fully saturated rings. The van der Waals surface area contributed by atoms with Crippen molar-refractivity contribution in [1.29, 1.82) is 0 Å². The van der Waals surface area contributed by atoms with Gasteiger partial charge in [0.2, 0.25) is 10.0 Å². The average molecular weight is 631 g/mol. The van der Waals surface area contributed by atoms with Crippen molar-refractivity contribution in [3.05, 3.63) is 0 Å². The van der Waals surface area contributed by atoms with E-state index in [-0.39, 0.29) is 29.6 Å². The molecule has 0 bridgehead atoms. The van der Waals surface area contributed by atoms with Crippen LogP contribution < -0.4 is 24.0 Å². The number of carbonyl (C=O) groups excluding carboxylic acids is 1. The Morgan fingerprint density at radius 3 is 1.41 bits per heavy atom. The monoisotopic (exact) mass is 631 g/mol. The van der Waals surface area contributed by atoms with E-state index < -0.39 is 94.8 Å². The maximum Gasteiger partial charge on any atom is 1.00 e. The van der Waals surface area contributed by atoms with Crippen molar-refractivity contribution in [3.63, 3.8) is 0 Å². The molecule has 39 heavy (non-hydrogen) atoms. The van der Waals surface area contributed by atoms with Gasteiger partial charge in [0.15, 0.2) is 0 Å². The molecule has 0 spiro atoms. The summed E-state index contributed by atoms with van der Waals surface area (Å²) in [6.45, 7) is -0.786. The van der Waals surface area contributed by atoms with Gasteiger partial charge in [0.05, 0.1) is 17.8 Å². The first-order valence-corrected chi connectivity index (χ1v) is 10.9. The fraction of sp³-hybridized carbons (Fsp3) is 0.933. The van der Waals surface area contributed by atoms with E-state index >= 15 is 0 Å². The molecule has 0 aliphatic carbocycles. The second-order valence-corrected chi connectivity index (χ2v) is 9.84. The smallest absolute Gasteiger partial charge is 0.548 e. The van der Waals surface area contributed by atoms with Crippen LogP contribution in [0, 0.1) is 0 Å². The first kappa shape index (κ1) is 37.8. The molecule has 1 unspecified atom stereocenters. The van der Waals surface area contributed by atoms with E-state index in [9.17, 15) is 93.0 Å². The molecule has 0 saturated carbocycles. The number of nitrogens with zero attached hydrogens (tertiary/aromatic N) is 1. The largest absolute Gasteiger partial charge is 1.00 e. The minimum absolute atomic E-state index is 0. The molecule has 226 valence electrons. The minimum atomic E-state index is -8.79. The van der Waals surface area contributed by atoms with Crippen LogP contribution in [0.3, 0.4) is 0 Å². The Labute approximate surface area is 217 Å². The number of carbonyl (C=O) groups is 1. The second-order valence-electron chi connectivity index (χ2n) is 7.80. The fourth-order valence-electron chi connectivity index (χ4n) is 3.04. The number of hydrogen-bond acceptors (Lipinski definition) is 4. The Bertz CT molecular complexity index is 1010. The van der Waals surface area contributed by atoms with Gasteiger partial charge in [-0.15, -0.1) is 0 Å². The third-order valence-corrected chi connectivity index (χ3v) is 7.17. The van der Waals surface area contributed by atoms with Crippen LogP contribution in [0.4, 0.5) is 74.6 Å². The van der Waals surface area contributed by atoms with Gasteiger partial charge in [-0.25, -0.2) is 8.42 Å². The zero-order chi connectivity index (χ0) is 30.8. The van der Waals surface area contributed by atoms with Crippen LogP contribution in [0.5, 0.6) is 0 Å². The second kappa shape index (κ2) is 10.6. The molecule has 0 radical (unpaired) electrons. The molecule has 1 aliphatic rings. The van der Waals surface area contributed by atoms with Crippen molar-refractivity contribution in [2.24, 2.45) is 0 Å². The van der Waals surface area contributed by atoms with Gasteiger partial charge < -0.3 is 9.90 Å². The van der Waals surface area contributed by atoms with Gasteiger partial charge in [-0.1, -0.05) is 0 Å². The zero-order valence-electron chi connectivity index (χ0n) is 18.5. The molecule has 0 aromatic heterocycles. The molecule has 0 aromatic rings. The van der Waals surface area contributed by atoms with Crippen LogP contribution in [-0.2, 0) is 14.8 Å². The number of carboxylic acids is 1. The average Bonchev–Trinajstić information content (AvgIpc) is 3.22. The van der Waals surface area contributed by atoms with Crippen molar-refractivity contribution < 1.29 is 112 Å². The van der Waals surface area contributed by atoms with Crippen LogP contribution in [-0.4, -0.2) is 84.7 Å². The summed E-state index contributed by atoms with van der Waals surface area (Å²) in [5.41, 5.74) is 0. The Hall–Kier alpha value is -1.21. The van der Waals surface area contributed by atoms with Crippen molar-refractivity contribution in [3.8, 4) is 0 Å². The quantitative estimate of drug-likeness (QED) is 0.252. The zero-order valence-corrected chi connectivity index (χ0v) is 19.3. The molecule has 1 atom stereocenters. The Balaban J connectivity index is 0.0000144. The number of carboxylic acid groups (broad SMARTS) is 1. The summed E-state index contributed by atoms with van der Waals surface area (Å²) in [5.74, 6) is -62.5. The van der Waals surface area contributed by atoms with Crippen molar-refractivity contribution in [2.45, 2.75) is 72.9 Å². The third-order valence-electron chi connectivity index (χ3n) is 5.29. The number of sulfonamides is 1. The fourth-order valence-corrected chi connectivity index (χ4v) is 4.77. The summed E-state index contributed by atoms with van der Waals surface area (Å²) < 4.78 is 248. The number of aliphatic carboxylic acids is 1. The maximum absolute atomic E-state index is 13.9. The van der Waals surface area contributed by atoms with Crippen molar-refractivity contribution in [1.82, 2.24) is 4.31 Å². The first-order chi connectivity index (χ1) is 16.4.